The summed E-state index contributed by atoms with van der Waals surface area (Å²) in [6.45, 7) is 2.18. The van der Waals surface area contributed by atoms with Crippen molar-refractivity contribution in [2.45, 2.75) is 50.8 Å². The Hall–Kier alpha value is -1.68. The highest BCUT2D eigenvalue weighted by Gasteiger charge is 2.24. The topological polar surface area (TPSA) is 76.4 Å². The van der Waals surface area contributed by atoms with Crippen LogP contribution in [0.25, 0.3) is 0 Å². The minimum Gasteiger partial charge on any atom is -0.377 e. The molecule has 7 nitrogen and oxygen atoms in total. The van der Waals surface area contributed by atoms with E-state index < -0.39 is 0 Å². The van der Waals surface area contributed by atoms with E-state index in [0.29, 0.717) is 18.6 Å². The lowest BCUT2D eigenvalue weighted by molar-refractivity contribution is 0.177. The molecule has 0 saturated heterocycles. The van der Waals surface area contributed by atoms with Crippen LogP contribution < -0.4 is 10.6 Å². The van der Waals surface area contributed by atoms with Crippen molar-refractivity contribution in [1.29, 1.82) is 0 Å². The van der Waals surface area contributed by atoms with E-state index in [1.165, 1.54) is 24.0 Å². The van der Waals surface area contributed by atoms with Crippen LogP contribution in [-0.4, -0.2) is 47.5 Å². The summed E-state index contributed by atoms with van der Waals surface area (Å²) in [6.07, 6.45) is 4.33. The van der Waals surface area contributed by atoms with Crippen LogP contribution in [0.15, 0.2) is 29.3 Å². The maximum atomic E-state index is 5.14. The number of hydrogen-bond donors (Lipinski definition) is 2. The normalized spacial score (nSPS) is 20.9. The molecule has 0 bridgehead atoms. The van der Waals surface area contributed by atoms with E-state index >= 15 is 0 Å². The maximum Gasteiger partial charge on any atom is 0.191 e. The van der Waals surface area contributed by atoms with Crippen LogP contribution in [0.2, 0.25) is 0 Å². The number of nitrogens with zero attached hydrogens (tertiary/aromatic N) is 4. The number of nitrogens with one attached hydrogen (secondary N) is 2. The van der Waals surface area contributed by atoms with E-state index in [0.717, 1.165) is 43.5 Å². The first-order chi connectivity index (χ1) is 13.3. The number of hydrogen-bond acceptors (Lipinski definition) is 4. The molecule has 1 aromatic heterocycles. The average molecular weight is 496 g/mol. The number of rotatable bonds is 5. The molecule has 2 aromatic rings. The smallest absolute Gasteiger partial charge is 0.191 e. The molecule has 28 heavy (non-hydrogen) atoms. The first-order valence-electron chi connectivity index (χ1n) is 9.73. The molecule has 2 aliphatic rings. The Bertz CT molecular complexity index is 821. The molecule has 0 saturated carbocycles. The molecule has 0 radical (unpaired) electrons. The van der Waals surface area contributed by atoms with Crippen molar-refractivity contribution in [2.75, 3.05) is 20.7 Å². The molecule has 8 heteroatoms. The maximum absolute atomic E-state index is 5.14. The second kappa shape index (κ2) is 9.69. The molecular weight excluding hydrogens is 467 g/mol. The molecule has 2 N–H and O–H groups in total. The first-order valence-corrected chi connectivity index (χ1v) is 9.73. The number of guanidine groups is 1. The molecule has 2 heterocycles. The number of fused-ring (bicyclic) bond motifs is 2. The molecule has 4 rings (SSSR count). The average Bonchev–Trinajstić information content (AvgIpc) is 3.28. The molecule has 1 aliphatic heterocycles. The van der Waals surface area contributed by atoms with Gasteiger partial charge in [-0.25, -0.2) is 9.67 Å². The van der Waals surface area contributed by atoms with Crippen molar-refractivity contribution in [1.82, 2.24) is 25.4 Å². The summed E-state index contributed by atoms with van der Waals surface area (Å²) in [5, 5.41) is 11.6. The van der Waals surface area contributed by atoms with E-state index in [1.54, 1.807) is 7.11 Å². The predicted octanol–water partition coefficient (Wildman–Crippen LogP) is 2.25. The van der Waals surface area contributed by atoms with Crippen molar-refractivity contribution < 1.29 is 4.74 Å². The number of methoxy groups -OCH3 is 1. The molecule has 2 unspecified atom stereocenters. The lowest BCUT2D eigenvalue weighted by Crippen LogP contribution is -2.47. The molecule has 152 valence electrons. The van der Waals surface area contributed by atoms with E-state index in [2.05, 4.69) is 50.0 Å². The second-order valence-electron chi connectivity index (χ2n) is 7.33. The number of halogens is 1. The third-order valence-electron chi connectivity index (χ3n) is 5.51. The number of benzene rings is 1. The zero-order chi connectivity index (χ0) is 18.6. The lowest BCUT2D eigenvalue weighted by Gasteiger charge is -2.26. The zero-order valence-electron chi connectivity index (χ0n) is 16.5. The predicted molar refractivity (Wildman–Crippen MR) is 120 cm³/mol. The van der Waals surface area contributed by atoms with Crippen LogP contribution >= 0.6 is 24.0 Å². The largest absolute Gasteiger partial charge is 0.377 e. The standard InChI is InChI=1S/C20H28N6O.HI/c1-21-20(22-11-15-8-7-14-5-3-4-6-17(14)15)23-16-9-10-19-24-18(13-27-2)25-26(19)12-16;/h3-6,15-16H,7-13H2,1-2H3,(H2,21,22,23);1H. The van der Waals surface area contributed by atoms with Gasteiger partial charge in [0.1, 0.15) is 12.4 Å². The number of aryl methyl sites for hydroxylation is 2. The van der Waals surface area contributed by atoms with Gasteiger partial charge in [0.15, 0.2) is 11.8 Å². The lowest BCUT2D eigenvalue weighted by atomic mass is 10.0. The molecule has 1 aliphatic carbocycles. The van der Waals surface area contributed by atoms with Crippen LogP contribution in [-0.2, 0) is 30.7 Å². The van der Waals surface area contributed by atoms with Crippen molar-refractivity contribution in [3.63, 3.8) is 0 Å². The highest BCUT2D eigenvalue weighted by atomic mass is 127. The summed E-state index contributed by atoms with van der Waals surface area (Å²) in [7, 11) is 3.50. The quantitative estimate of drug-likeness (QED) is 0.378. The van der Waals surface area contributed by atoms with Crippen molar-refractivity contribution in [2.24, 2.45) is 4.99 Å². The molecular formula is C20H29IN6O. The summed E-state index contributed by atoms with van der Waals surface area (Å²) in [6, 6.07) is 9.08. The fraction of sp³-hybridized carbons (Fsp3) is 0.550. The molecule has 0 spiro atoms. The zero-order valence-corrected chi connectivity index (χ0v) is 18.8. The SMILES string of the molecule is CN=C(NCC1CCc2ccccc21)NC1CCc2nc(COC)nn2C1.I. The van der Waals surface area contributed by atoms with Gasteiger partial charge in [-0.3, -0.25) is 4.99 Å². The Labute approximate surface area is 183 Å². The van der Waals surface area contributed by atoms with Gasteiger partial charge >= 0.3 is 0 Å². The first kappa shape index (κ1) is 21.0. The molecule has 0 fully saturated rings. The van der Waals surface area contributed by atoms with Gasteiger partial charge in [0.2, 0.25) is 0 Å². The van der Waals surface area contributed by atoms with Crippen LogP contribution in [0.5, 0.6) is 0 Å². The minimum atomic E-state index is 0. The van der Waals surface area contributed by atoms with Gasteiger partial charge in [0, 0.05) is 39.1 Å². The van der Waals surface area contributed by atoms with Crippen molar-refractivity contribution in [3.8, 4) is 0 Å². The van der Waals surface area contributed by atoms with Gasteiger partial charge in [-0.1, -0.05) is 24.3 Å². The van der Waals surface area contributed by atoms with Gasteiger partial charge in [-0.05, 0) is 30.4 Å². The monoisotopic (exact) mass is 496 g/mol. The van der Waals surface area contributed by atoms with E-state index in [4.69, 9.17) is 4.74 Å². The third kappa shape index (κ3) is 4.65. The Balaban J connectivity index is 0.00000225. The van der Waals surface area contributed by atoms with Gasteiger partial charge in [0.05, 0.1) is 6.54 Å². The summed E-state index contributed by atoms with van der Waals surface area (Å²) in [4.78, 5) is 8.96. The summed E-state index contributed by atoms with van der Waals surface area (Å²) in [5.41, 5.74) is 2.97. The summed E-state index contributed by atoms with van der Waals surface area (Å²) >= 11 is 0. The number of aliphatic imine (C=N–C) groups is 1. The van der Waals surface area contributed by atoms with Crippen LogP contribution in [0.4, 0.5) is 0 Å². The Kier molecular flexibility index (Phi) is 7.28. The van der Waals surface area contributed by atoms with Crippen LogP contribution in [0, 0.1) is 0 Å². The van der Waals surface area contributed by atoms with E-state index in [1.807, 2.05) is 11.7 Å². The van der Waals surface area contributed by atoms with Gasteiger partial charge in [-0.2, -0.15) is 5.10 Å². The Morgan fingerprint density at radius 1 is 1.29 bits per heavy atom. The summed E-state index contributed by atoms with van der Waals surface area (Å²) in [5.74, 6) is 3.23. The third-order valence-corrected chi connectivity index (χ3v) is 5.51. The van der Waals surface area contributed by atoms with Crippen LogP contribution in [0.1, 0.15) is 41.5 Å². The Morgan fingerprint density at radius 3 is 2.96 bits per heavy atom. The fourth-order valence-electron chi connectivity index (χ4n) is 4.13. The van der Waals surface area contributed by atoms with Crippen molar-refractivity contribution in [3.05, 3.63) is 47.0 Å². The van der Waals surface area contributed by atoms with Crippen molar-refractivity contribution >= 4 is 29.9 Å². The highest BCUT2D eigenvalue weighted by Crippen LogP contribution is 2.32. The Morgan fingerprint density at radius 2 is 2.14 bits per heavy atom. The summed E-state index contributed by atoms with van der Waals surface area (Å²) < 4.78 is 7.13. The second-order valence-corrected chi connectivity index (χ2v) is 7.33. The van der Waals surface area contributed by atoms with E-state index in [9.17, 15) is 0 Å². The highest BCUT2D eigenvalue weighted by molar-refractivity contribution is 14.0. The number of ether oxygens (including phenoxy) is 1. The van der Waals surface area contributed by atoms with Gasteiger partial charge in [-0.15, -0.1) is 24.0 Å². The van der Waals surface area contributed by atoms with Gasteiger partial charge < -0.3 is 15.4 Å². The van der Waals surface area contributed by atoms with Crippen LogP contribution in [0.3, 0.4) is 0 Å². The fourth-order valence-corrected chi connectivity index (χ4v) is 4.13. The molecule has 0 amide bonds. The molecule has 1 aromatic carbocycles. The van der Waals surface area contributed by atoms with Gasteiger partial charge in [0.25, 0.3) is 0 Å². The van der Waals surface area contributed by atoms with E-state index in [-0.39, 0.29) is 24.0 Å². The minimum absolute atomic E-state index is 0. The molecule has 2 atom stereocenters. The number of aromatic nitrogens is 3.